The van der Waals surface area contributed by atoms with Crippen molar-refractivity contribution in [3.63, 3.8) is 0 Å². The molecule has 0 radical (unpaired) electrons. The number of ether oxygens (including phenoxy) is 1. The molecule has 6 nitrogen and oxygen atoms in total. The molecule has 0 spiro atoms. The maximum Gasteiger partial charge on any atom is 0.326 e. The van der Waals surface area contributed by atoms with Gasteiger partial charge in [0.2, 0.25) is 11.8 Å². The highest BCUT2D eigenvalue weighted by Gasteiger charge is 2.67. The first kappa shape index (κ1) is 17.1. The second kappa shape index (κ2) is 5.97. The largest absolute Gasteiger partial charge is 0.465 e. The minimum Gasteiger partial charge on any atom is -0.465 e. The summed E-state index contributed by atoms with van der Waals surface area (Å²) in [5.74, 6) is -2.26. The van der Waals surface area contributed by atoms with E-state index in [1.807, 2.05) is 18.4 Å². The lowest BCUT2D eigenvalue weighted by Gasteiger charge is -2.28. The van der Waals surface area contributed by atoms with E-state index >= 15 is 0 Å². The van der Waals surface area contributed by atoms with Gasteiger partial charge in [-0.2, -0.15) is 0 Å². The predicted octanol–water partition coefficient (Wildman–Crippen LogP) is 1.64. The van der Waals surface area contributed by atoms with Crippen molar-refractivity contribution in [1.82, 2.24) is 10.2 Å². The number of esters is 1. The normalized spacial score (nSPS) is 32.3. The van der Waals surface area contributed by atoms with Crippen molar-refractivity contribution in [2.45, 2.75) is 39.3 Å². The zero-order valence-electron chi connectivity index (χ0n) is 14.3. The zero-order valence-corrected chi connectivity index (χ0v) is 15.1. The third kappa shape index (κ3) is 2.22. The van der Waals surface area contributed by atoms with Gasteiger partial charge >= 0.3 is 5.97 Å². The van der Waals surface area contributed by atoms with E-state index in [9.17, 15) is 14.4 Å². The Kier molecular flexibility index (Phi) is 4.25. The lowest BCUT2D eigenvalue weighted by Crippen LogP contribution is -2.54. The number of thiophene rings is 1. The molecule has 2 aliphatic rings. The summed E-state index contributed by atoms with van der Waals surface area (Å²) in [6, 6.07) is 1.63. The van der Waals surface area contributed by atoms with E-state index in [0.29, 0.717) is 6.54 Å². The molecular formula is C17H22N2O4S. The van der Waals surface area contributed by atoms with Gasteiger partial charge in [0.15, 0.2) is 0 Å². The van der Waals surface area contributed by atoms with Crippen LogP contribution in [0.2, 0.25) is 0 Å². The van der Waals surface area contributed by atoms with Crippen molar-refractivity contribution in [1.29, 1.82) is 0 Å². The first-order valence-corrected chi connectivity index (χ1v) is 9.08. The molecule has 2 aliphatic heterocycles. The van der Waals surface area contributed by atoms with Crippen molar-refractivity contribution in [3.05, 3.63) is 21.9 Å². The Bertz CT molecular complexity index is 701. The fourth-order valence-electron chi connectivity index (χ4n) is 3.91. The number of aryl methyl sites for hydroxylation is 1. The van der Waals surface area contributed by atoms with Gasteiger partial charge < -0.3 is 4.74 Å². The maximum atomic E-state index is 12.8. The lowest BCUT2D eigenvalue weighted by molar-refractivity contribution is -0.155. The van der Waals surface area contributed by atoms with E-state index in [2.05, 4.69) is 5.32 Å². The molecule has 1 N–H and O–H groups in total. The third-order valence-electron chi connectivity index (χ3n) is 5.08. The molecule has 2 saturated heterocycles. The van der Waals surface area contributed by atoms with Crippen molar-refractivity contribution < 1.29 is 19.1 Å². The minimum absolute atomic E-state index is 0.203. The molecule has 0 saturated carbocycles. The summed E-state index contributed by atoms with van der Waals surface area (Å²) in [6.07, 6.45) is 0. The summed E-state index contributed by atoms with van der Waals surface area (Å²) >= 11 is 1.54. The van der Waals surface area contributed by atoms with Crippen LogP contribution in [-0.2, 0) is 19.1 Å². The molecule has 130 valence electrons. The van der Waals surface area contributed by atoms with Gasteiger partial charge in [-0.05, 0) is 44.7 Å². The van der Waals surface area contributed by atoms with Crippen molar-refractivity contribution in [3.8, 4) is 0 Å². The van der Waals surface area contributed by atoms with Crippen LogP contribution in [0.25, 0.3) is 0 Å². The Hall–Kier alpha value is -1.73. The molecule has 0 unspecified atom stereocenters. The first-order chi connectivity index (χ1) is 11.4. The van der Waals surface area contributed by atoms with Gasteiger partial charge in [0, 0.05) is 11.4 Å². The molecule has 4 atom stereocenters. The van der Waals surface area contributed by atoms with Gasteiger partial charge in [0.1, 0.15) is 5.54 Å². The van der Waals surface area contributed by atoms with E-state index < -0.39 is 23.3 Å². The van der Waals surface area contributed by atoms with Crippen molar-refractivity contribution in [2.75, 3.05) is 13.2 Å². The fourth-order valence-corrected chi connectivity index (χ4v) is 4.93. The minimum atomic E-state index is -1.20. The summed E-state index contributed by atoms with van der Waals surface area (Å²) in [6.45, 7) is 7.71. The van der Waals surface area contributed by atoms with Crippen LogP contribution in [0.1, 0.15) is 37.3 Å². The number of nitrogens with zero attached hydrogens (tertiary/aromatic N) is 1. The van der Waals surface area contributed by atoms with Gasteiger partial charge in [0.05, 0.1) is 24.5 Å². The molecule has 1 aromatic heterocycles. The van der Waals surface area contributed by atoms with Crippen LogP contribution < -0.4 is 5.32 Å². The summed E-state index contributed by atoms with van der Waals surface area (Å²) in [5.41, 5.74) is -0.141. The molecule has 0 bridgehead atoms. The number of hydrogen-bond acceptors (Lipinski definition) is 6. The number of fused-ring (bicyclic) bond motifs is 1. The van der Waals surface area contributed by atoms with Crippen LogP contribution in [0.3, 0.4) is 0 Å². The van der Waals surface area contributed by atoms with Gasteiger partial charge in [-0.1, -0.05) is 0 Å². The second-order valence-electron chi connectivity index (χ2n) is 6.44. The average molecular weight is 350 g/mol. The Morgan fingerprint density at radius 2 is 2.08 bits per heavy atom. The summed E-state index contributed by atoms with van der Waals surface area (Å²) in [5, 5.41) is 5.23. The Labute approximate surface area is 145 Å². The number of likely N-dealkylation sites (tertiary alicyclic amines) is 1. The van der Waals surface area contributed by atoms with Crippen molar-refractivity contribution >= 4 is 29.1 Å². The van der Waals surface area contributed by atoms with E-state index in [1.54, 1.807) is 20.8 Å². The topological polar surface area (TPSA) is 75.7 Å². The maximum absolute atomic E-state index is 12.8. The molecule has 7 heteroatoms. The molecule has 0 aliphatic carbocycles. The highest BCUT2D eigenvalue weighted by atomic mass is 32.1. The number of hydrogen-bond donors (Lipinski definition) is 1. The van der Waals surface area contributed by atoms with Crippen LogP contribution in [0.15, 0.2) is 11.4 Å². The smallest absolute Gasteiger partial charge is 0.326 e. The summed E-state index contributed by atoms with van der Waals surface area (Å²) < 4.78 is 5.21. The summed E-state index contributed by atoms with van der Waals surface area (Å²) in [7, 11) is 0. The Balaban J connectivity index is 2.09. The molecule has 0 aromatic carbocycles. The Morgan fingerprint density at radius 1 is 1.38 bits per heavy atom. The molecule has 2 fully saturated rings. The molecule has 24 heavy (non-hydrogen) atoms. The van der Waals surface area contributed by atoms with E-state index in [1.165, 1.54) is 16.2 Å². The lowest BCUT2D eigenvalue weighted by atomic mass is 9.81. The van der Waals surface area contributed by atoms with Crippen LogP contribution >= 0.6 is 11.3 Å². The third-order valence-corrected chi connectivity index (χ3v) is 6.18. The van der Waals surface area contributed by atoms with Crippen LogP contribution in [0.5, 0.6) is 0 Å². The molecule has 3 rings (SSSR count). The highest BCUT2D eigenvalue weighted by Crippen LogP contribution is 2.50. The van der Waals surface area contributed by atoms with E-state index in [4.69, 9.17) is 4.74 Å². The number of rotatable bonds is 4. The zero-order chi connectivity index (χ0) is 17.6. The Morgan fingerprint density at radius 3 is 2.62 bits per heavy atom. The van der Waals surface area contributed by atoms with Crippen LogP contribution in [-0.4, -0.2) is 41.4 Å². The number of nitrogens with one attached hydrogen (secondary N) is 1. The molecule has 3 heterocycles. The van der Waals surface area contributed by atoms with Crippen molar-refractivity contribution in [2.24, 2.45) is 11.8 Å². The number of imide groups is 1. The first-order valence-electron chi connectivity index (χ1n) is 8.20. The van der Waals surface area contributed by atoms with Gasteiger partial charge in [-0.25, -0.2) is 0 Å². The average Bonchev–Trinajstić information content (AvgIpc) is 3.16. The summed E-state index contributed by atoms with van der Waals surface area (Å²) in [4.78, 5) is 40.5. The van der Waals surface area contributed by atoms with Gasteiger partial charge in [0.25, 0.3) is 0 Å². The highest BCUT2D eigenvalue weighted by molar-refractivity contribution is 7.10. The van der Waals surface area contributed by atoms with Gasteiger partial charge in [-0.15, -0.1) is 11.3 Å². The second-order valence-corrected chi connectivity index (χ2v) is 7.38. The molecular weight excluding hydrogens is 328 g/mol. The number of carbonyl (C=O) groups is 3. The van der Waals surface area contributed by atoms with Gasteiger partial charge in [-0.3, -0.25) is 24.6 Å². The monoisotopic (exact) mass is 350 g/mol. The standard InChI is InChI=1S/C17H22N2O4S/c1-5-19-14(20)10-11(15(19)21)17(4,16(22)23-6-2)18-12(10)13-9(3)7-8-24-13/h7-8,10-12,18H,5-6H2,1-4H3/t10-,11+,12+,17+/m0/s1. The quantitative estimate of drug-likeness (QED) is 0.660. The van der Waals surface area contributed by atoms with E-state index in [-0.39, 0.29) is 24.5 Å². The van der Waals surface area contributed by atoms with E-state index in [0.717, 1.165) is 10.4 Å². The molecule has 2 amide bonds. The molecule has 1 aromatic rings. The number of amides is 2. The predicted molar refractivity (Wildman–Crippen MR) is 89.3 cm³/mol. The van der Waals surface area contributed by atoms with Crippen LogP contribution in [0.4, 0.5) is 0 Å². The SMILES string of the molecule is CCOC(=O)[C@]1(C)N[C@@H](c2sccc2C)[C@H]2C(=O)N(CC)C(=O)[C@@H]21. The van der Waals surface area contributed by atoms with Crippen LogP contribution in [0, 0.1) is 18.8 Å². The number of carbonyl (C=O) groups excluding carboxylic acids is 3. The fraction of sp³-hybridized carbons (Fsp3) is 0.588.